The average Bonchev–Trinajstić information content (AvgIpc) is 2.52. The van der Waals surface area contributed by atoms with Gasteiger partial charge in [0.15, 0.2) is 9.84 Å². The van der Waals surface area contributed by atoms with E-state index in [0.29, 0.717) is 10.6 Å². The van der Waals surface area contributed by atoms with E-state index in [0.717, 1.165) is 6.26 Å². The molecular formula is C16H15FO4S2. The maximum atomic E-state index is 13.4. The lowest BCUT2D eigenvalue weighted by atomic mass is 10.2. The highest BCUT2D eigenvalue weighted by Gasteiger charge is 2.11. The number of carbonyl (C=O) groups is 1. The number of hydrogen-bond donors (Lipinski definition) is 0. The van der Waals surface area contributed by atoms with Crippen molar-refractivity contribution in [1.29, 1.82) is 0 Å². The number of benzene rings is 2. The molecule has 23 heavy (non-hydrogen) atoms. The van der Waals surface area contributed by atoms with Crippen molar-refractivity contribution >= 4 is 27.6 Å². The topological polar surface area (TPSA) is 60.4 Å². The molecule has 2 aromatic rings. The second-order valence-electron chi connectivity index (χ2n) is 4.71. The SMILES string of the molecule is CS(=O)(=O)c1ccc(C(=O)OCCSc2ccccc2F)cc1. The predicted octanol–water partition coefficient (Wildman–Crippen LogP) is 3.18. The van der Waals surface area contributed by atoms with Crippen molar-refractivity contribution in [3.05, 3.63) is 59.9 Å². The van der Waals surface area contributed by atoms with Gasteiger partial charge in [-0.25, -0.2) is 17.6 Å². The van der Waals surface area contributed by atoms with Crippen LogP contribution >= 0.6 is 11.8 Å². The van der Waals surface area contributed by atoms with Crippen LogP contribution in [0.3, 0.4) is 0 Å². The molecule has 7 heteroatoms. The van der Waals surface area contributed by atoms with Crippen LogP contribution in [-0.2, 0) is 14.6 Å². The number of ether oxygens (including phenoxy) is 1. The molecule has 0 amide bonds. The average molecular weight is 354 g/mol. The fourth-order valence-corrected chi connectivity index (χ4v) is 3.17. The Labute approximate surface area is 138 Å². The van der Waals surface area contributed by atoms with Gasteiger partial charge in [-0.3, -0.25) is 0 Å². The van der Waals surface area contributed by atoms with E-state index < -0.39 is 15.8 Å². The largest absolute Gasteiger partial charge is 0.461 e. The maximum Gasteiger partial charge on any atom is 0.338 e. The van der Waals surface area contributed by atoms with Gasteiger partial charge >= 0.3 is 5.97 Å². The van der Waals surface area contributed by atoms with Crippen molar-refractivity contribution in [2.45, 2.75) is 9.79 Å². The van der Waals surface area contributed by atoms with Crippen LogP contribution in [0.5, 0.6) is 0 Å². The summed E-state index contributed by atoms with van der Waals surface area (Å²) in [4.78, 5) is 12.5. The zero-order valence-corrected chi connectivity index (χ0v) is 14.0. The smallest absolute Gasteiger partial charge is 0.338 e. The Bertz CT molecular complexity index is 786. The summed E-state index contributed by atoms with van der Waals surface area (Å²) in [5.74, 6) is -0.423. The number of halogens is 1. The van der Waals surface area contributed by atoms with Crippen molar-refractivity contribution in [2.75, 3.05) is 18.6 Å². The first-order chi connectivity index (χ1) is 10.9. The number of hydrogen-bond acceptors (Lipinski definition) is 5. The minimum absolute atomic E-state index is 0.131. The second-order valence-corrected chi connectivity index (χ2v) is 7.86. The highest BCUT2D eigenvalue weighted by molar-refractivity contribution is 7.99. The van der Waals surface area contributed by atoms with E-state index in [1.807, 2.05) is 0 Å². The zero-order chi connectivity index (χ0) is 16.9. The molecule has 2 rings (SSSR count). The highest BCUT2D eigenvalue weighted by atomic mass is 32.2. The summed E-state index contributed by atoms with van der Waals surface area (Å²) < 4.78 is 41.2. The summed E-state index contributed by atoms with van der Waals surface area (Å²) >= 11 is 1.26. The quantitative estimate of drug-likeness (QED) is 0.453. The molecule has 0 unspecified atom stereocenters. The standard InChI is InChI=1S/C16H15FO4S2/c1-23(19,20)13-8-6-12(7-9-13)16(18)21-10-11-22-15-5-3-2-4-14(15)17/h2-9H,10-11H2,1H3. The molecule has 0 saturated carbocycles. The third kappa shape index (κ3) is 5.07. The van der Waals surface area contributed by atoms with Gasteiger partial charge in [0.25, 0.3) is 0 Å². The second kappa shape index (κ2) is 7.61. The minimum atomic E-state index is -3.29. The Balaban J connectivity index is 1.84. The molecule has 122 valence electrons. The monoisotopic (exact) mass is 354 g/mol. The van der Waals surface area contributed by atoms with Crippen LogP contribution in [0, 0.1) is 5.82 Å². The van der Waals surface area contributed by atoms with Gasteiger partial charge < -0.3 is 4.74 Å². The summed E-state index contributed by atoms with van der Waals surface area (Å²) in [6, 6.07) is 11.9. The fraction of sp³-hybridized carbons (Fsp3) is 0.188. The van der Waals surface area contributed by atoms with E-state index in [2.05, 4.69) is 0 Å². The Morgan fingerprint density at radius 3 is 2.39 bits per heavy atom. The van der Waals surface area contributed by atoms with Crippen LogP contribution in [0.25, 0.3) is 0 Å². The molecule has 0 aliphatic carbocycles. The van der Waals surface area contributed by atoms with Crippen LogP contribution in [0.4, 0.5) is 4.39 Å². The number of esters is 1. The van der Waals surface area contributed by atoms with Crippen LogP contribution < -0.4 is 0 Å². The van der Waals surface area contributed by atoms with Crippen LogP contribution in [0.1, 0.15) is 10.4 Å². The molecule has 0 N–H and O–H groups in total. The number of thioether (sulfide) groups is 1. The minimum Gasteiger partial charge on any atom is -0.461 e. The number of rotatable bonds is 6. The number of sulfone groups is 1. The molecule has 0 atom stereocenters. The van der Waals surface area contributed by atoms with Crippen molar-refractivity contribution in [2.24, 2.45) is 0 Å². The molecule has 0 aliphatic rings. The summed E-state index contributed by atoms with van der Waals surface area (Å²) in [5, 5.41) is 0. The zero-order valence-electron chi connectivity index (χ0n) is 12.4. The summed E-state index contributed by atoms with van der Waals surface area (Å²) in [6.07, 6.45) is 1.10. The lowest BCUT2D eigenvalue weighted by Crippen LogP contribution is -2.08. The first-order valence-corrected chi connectivity index (χ1v) is 9.60. The molecule has 0 bridgehead atoms. The van der Waals surface area contributed by atoms with E-state index in [1.54, 1.807) is 18.2 Å². The van der Waals surface area contributed by atoms with E-state index in [1.165, 1.54) is 42.1 Å². The molecule has 0 spiro atoms. The predicted molar refractivity (Wildman–Crippen MR) is 87.0 cm³/mol. The molecule has 0 fully saturated rings. The third-order valence-electron chi connectivity index (χ3n) is 2.93. The molecular weight excluding hydrogens is 339 g/mol. The third-order valence-corrected chi connectivity index (χ3v) is 5.07. The molecule has 2 aromatic carbocycles. The van der Waals surface area contributed by atoms with Crippen molar-refractivity contribution in [3.63, 3.8) is 0 Å². The molecule has 0 heterocycles. The van der Waals surface area contributed by atoms with Crippen molar-refractivity contribution in [3.8, 4) is 0 Å². The summed E-state index contributed by atoms with van der Waals surface area (Å²) in [7, 11) is -3.29. The highest BCUT2D eigenvalue weighted by Crippen LogP contribution is 2.21. The Hall–Kier alpha value is -1.86. The Kier molecular flexibility index (Phi) is 5.79. The van der Waals surface area contributed by atoms with Gasteiger partial charge in [-0.15, -0.1) is 11.8 Å². The van der Waals surface area contributed by atoms with Gasteiger partial charge in [0.2, 0.25) is 0 Å². The van der Waals surface area contributed by atoms with Crippen LogP contribution in [0.2, 0.25) is 0 Å². The molecule has 0 aromatic heterocycles. The van der Waals surface area contributed by atoms with Gasteiger partial charge in [-0.2, -0.15) is 0 Å². The molecule has 0 saturated heterocycles. The number of carbonyl (C=O) groups excluding carboxylic acids is 1. The van der Waals surface area contributed by atoms with E-state index >= 15 is 0 Å². The van der Waals surface area contributed by atoms with Gasteiger partial charge in [0.1, 0.15) is 12.4 Å². The van der Waals surface area contributed by atoms with E-state index in [4.69, 9.17) is 4.74 Å². The summed E-state index contributed by atoms with van der Waals surface area (Å²) in [5.41, 5.74) is 0.272. The Morgan fingerprint density at radius 2 is 1.78 bits per heavy atom. The first-order valence-electron chi connectivity index (χ1n) is 6.72. The van der Waals surface area contributed by atoms with Gasteiger partial charge in [0, 0.05) is 16.9 Å². The molecule has 4 nitrogen and oxygen atoms in total. The van der Waals surface area contributed by atoms with Crippen molar-refractivity contribution < 1.29 is 22.3 Å². The molecule has 0 radical (unpaired) electrons. The van der Waals surface area contributed by atoms with E-state index in [-0.39, 0.29) is 22.9 Å². The van der Waals surface area contributed by atoms with Gasteiger partial charge in [-0.05, 0) is 36.4 Å². The van der Waals surface area contributed by atoms with Crippen LogP contribution in [-0.4, -0.2) is 33.0 Å². The van der Waals surface area contributed by atoms with Crippen LogP contribution in [0.15, 0.2) is 58.3 Å². The maximum absolute atomic E-state index is 13.4. The Morgan fingerprint density at radius 1 is 1.13 bits per heavy atom. The van der Waals surface area contributed by atoms with E-state index in [9.17, 15) is 17.6 Å². The normalized spacial score (nSPS) is 11.2. The fourth-order valence-electron chi connectivity index (χ4n) is 1.77. The van der Waals surface area contributed by atoms with Gasteiger partial charge in [0.05, 0.1) is 10.5 Å². The lowest BCUT2D eigenvalue weighted by molar-refractivity contribution is 0.0530. The lowest BCUT2D eigenvalue weighted by Gasteiger charge is -2.06. The summed E-state index contributed by atoms with van der Waals surface area (Å²) in [6.45, 7) is 0.131. The molecule has 0 aliphatic heterocycles. The first kappa shape index (κ1) is 17.5. The van der Waals surface area contributed by atoms with Gasteiger partial charge in [-0.1, -0.05) is 12.1 Å². The van der Waals surface area contributed by atoms with Crippen molar-refractivity contribution in [1.82, 2.24) is 0 Å².